The summed E-state index contributed by atoms with van der Waals surface area (Å²) in [4.78, 5) is 25.8. The van der Waals surface area contributed by atoms with Gasteiger partial charge in [-0.25, -0.2) is 0 Å². The van der Waals surface area contributed by atoms with Crippen LogP contribution in [0.25, 0.3) is 0 Å². The molecule has 1 aromatic rings. The second-order valence-electron chi connectivity index (χ2n) is 6.72. The Morgan fingerprint density at radius 3 is 2.75 bits per heavy atom. The van der Waals surface area contributed by atoms with E-state index in [-0.39, 0.29) is 12.3 Å². The predicted octanol–water partition coefficient (Wildman–Crippen LogP) is 3.39. The smallest absolute Gasteiger partial charge is 0.320 e. The van der Waals surface area contributed by atoms with Crippen molar-refractivity contribution < 1.29 is 14.7 Å². The highest BCUT2D eigenvalue weighted by Crippen LogP contribution is 2.39. The van der Waals surface area contributed by atoms with Crippen LogP contribution in [0.4, 0.5) is 5.69 Å². The molecule has 2 aliphatic rings. The summed E-state index contributed by atoms with van der Waals surface area (Å²) in [6.45, 7) is 0.481. The van der Waals surface area contributed by atoms with Gasteiger partial charge >= 0.3 is 5.97 Å². The van der Waals surface area contributed by atoms with E-state index in [1.54, 1.807) is 12.1 Å². The minimum Gasteiger partial charge on any atom is -0.480 e. The number of carboxylic acids is 1. The zero-order chi connectivity index (χ0) is 17.1. The fourth-order valence-corrected chi connectivity index (χ4v) is 4.31. The molecule has 0 spiro atoms. The molecule has 24 heavy (non-hydrogen) atoms. The molecule has 6 heteroatoms. The standard InChI is InChI=1S/C18H23ClN2O3/c19-13-6-2-3-7-14(13)20-17(22)9-10-21-15-8-4-1-5-12(15)11-16(21)18(23)24/h2-3,6-7,12,15-16H,1,4-5,8-11H2,(H,20,22)(H,23,24). The van der Waals surface area contributed by atoms with Gasteiger partial charge in [0.2, 0.25) is 5.91 Å². The van der Waals surface area contributed by atoms with Gasteiger partial charge in [0.25, 0.3) is 0 Å². The van der Waals surface area contributed by atoms with E-state index in [1.165, 1.54) is 6.42 Å². The van der Waals surface area contributed by atoms with E-state index in [1.807, 2.05) is 17.0 Å². The lowest BCUT2D eigenvalue weighted by Gasteiger charge is -2.32. The number of anilines is 1. The van der Waals surface area contributed by atoms with Crippen molar-refractivity contribution in [3.8, 4) is 0 Å². The Labute approximate surface area is 147 Å². The molecule has 3 unspecified atom stereocenters. The van der Waals surface area contributed by atoms with Gasteiger partial charge in [0.05, 0.1) is 10.7 Å². The van der Waals surface area contributed by atoms with Crippen LogP contribution >= 0.6 is 11.6 Å². The summed E-state index contributed by atoms with van der Waals surface area (Å²) in [7, 11) is 0. The van der Waals surface area contributed by atoms with Crippen LogP contribution < -0.4 is 5.32 Å². The number of carbonyl (C=O) groups is 2. The number of nitrogens with one attached hydrogen (secondary N) is 1. The van der Waals surface area contributed by atoms with Crippen molar-refractivity contribution in [2.24, 2.45) is 5.92 Å². The Bertz CT molecular complexity index is 622. The Morgan fingerprint density at radius 1 is 1.25 bits per heavy atom. The number of hydrogen-bond acceptors (Lipinski definition) is 3. The molecule has 0 aromatic heterocycles. The van der Waals surface area contributed by atoms with E-state index < -0.39 is 12.0 Å². The quantitative estimate of drug-likeness (QED) is 0.854. The first-order valence-electron chi connectivity index (χ1n) is 8.59. The third kappa shape index (κ3) is 3.73. The number of aliphatic carboxylic acids is 1. The number of para-hydroxylation sites is 1. The lowest BCUT2D eigenvalue weighted by molar-refractivity contribution is -0.143. The van der Waals surface area contributed by atoms with Gasteiger partial charge in [-0.2, -0.15) is 0 Å². The van der Waals surface area contributed by atoms with E-state index in [2.05, 4.69) is 5.32 Å². The molecular weight excluding hydrogens is 328 g/mol. The molecule has 1 aromatic carbocycles. The second kappa shape index (κ2) is 7.53. The average Bonchev–Trinajstić information content (AvgIpc) is 2.94. The molecule has 130 valence electrons. The van der Waals surface area contributed by atoms with Gasteiger partial charge in [0, 0.05) is 19.0 Å². The molecule has 1 saturated heterocycles. The molecule has 1 heterocycles. The van der Waals surface area contributed by atoms with Gasteiger partial charge in [0.1, 0.15) is 6.04 Å². The van der Waals surface area contributed by atoms with Crippen molar-refractivity contribution in [1.82, 2.24) is 4.90 Å². The summed E-state index contributed by atoms with van der Waals surface area (Å²) in [5, 5.41) is 12.8. The highest BCUT2D eigenvalue weighted by Gasteiger charge is 2.44. The van der Waals surface area contributed by atoms with Crippen LogP contribution in [0.1, 0.15) is 38.5 Å². The lowest BCUT2D eigenvalue weighted by atomic mass is 9.85. The lowest BCUT2D eigenvalue weighted by Crippen LogP contribution is -2.43. The van der Waals surface area contributed by atoms with Crippen LogP contribution in [-0.4, -0.2) is 40.5 Å². The molecule has 3 rings (SSSR count). The fourth-order valence-electron chi connectivity index (χ4n) is 4.12. The number of fused-ring (bicyclic) bond motifs is 1. The van der Waals surface area contributed by atoms with Crippen molar-refractivity contribution in [3.05, 3.63) is 29.3 Å². The highest BCUT2D eigenvalue weighted by molar-refractivity contribution is 6.33. The minimum atomic E-state index is -0.768. The van der Waals surface area contributed by atoms with Crippen LogP contribution in [0.2, 0.25) is 5.02 Å². The predicted molar refractivity (Wildman–Crippen MR) is 93.2 cm³/mol. The van der Waals surface area contributed by atoms with Gasteiger partial charge in [-0.3, -0.25) is 14.5 Å². The molecule has 1 aliphatic carbocycles. The largest absolute Gasteiger partial charge is 0.480 e. The van der Waals surface area contributed by atoms with Gasteiger partial charge in [-0.05, 0) is 37.3 Å². The van der Waals surface area contributed by atoms with Crippen molar-refractivity contribution >= 4 is 29.2 Å². The summed E-state index contributed by atoms with van der Waals surface area (Å²) in [5.74, 6) is -0.436. The number of carboxylic acid groups (broad SMARTS) is 1. The van der Waals surface area contributed by atoms with Crippen LogP contribution in [0.3, 0.4) is 0 Å². The number of hydrogen-bond donors (Lipinski definition) is 2. The Balaban J connectivity index is 1.60. The number of halogens is 1. The SMILES string of the molecule is O=C(CCN1C(C(=O)O)CC2CCCCC21)Nc1ccccc1Cl. The Hall–Kier alpha value is -1.59. The van der Waals surface area contributed by atoms with Crippen LogP contribution in [0, 0.1) is 5.92 Å². The number of amides is 1. The van der Waals surface area contributed by atoms with Crippen LogP contribution in [0.5, 0.6) is 0 Å². The van der Waals surface area contributed by atoms with E-state index >= 15 is 0 Å². The first kappa shape index (κ1) is 17.2. The molecule has 2 N–H and O–H groups in total. The van der Waals surface area contributed by atoms with Gasteiger partial charge in [-0.15, -0.1) is 0 Å². The fraction of sp³-hybridized carbons (Fsp3) is 0.556. The highest BCUT2D eigenvalue weighted by atomic mass is 35.5. The second-order valence-corrected chi connectivity index (χ2v) is 7.12. The third-order valence-electron chi connectivity index (χ3n) is 5.25. The number of likely N-dealkylation sites (tertiary alicyclic amines) is 1. The van der Waals surface area contributed by atoms with Crippen molar-refractivity contribution in [1.29, 1.82) is 0 Å². The van der Waals surface area contributed by atoms with E-state index in [4.69, 9.17) is 11.6 Å². The van der Waals surface area contributed by atoms with Gasteiger partial charge in [0.15, 0.2) is 0 Å². The van der Waals surface area contributed by atoms with Crippen LogP contribution in [-0.2, 0) is 9.59 Å². The minimum absolute atomic E-state index is 0.133. The number of rotatable bonds is 5. The number of nitrogens with zero attached hydrogens (tertiary/aromatic N) is 1. The van der Waals surface area contributed by atoms with Crippen molar-refractivity contribution in [2.45, 2.75) is 50.6 Å². The first-order chi connectivity index (χ1) is 11.6. The maximum absolute atomic E-state index is 12.2. The Morgan fingerprint density at radius 2 is 2.00 bits per heavy atom. The van der Waals surface area contributed by atoms with E-state index in [0.29, 0.717) is 35.6 Å². The molecule has 0 bridgehead atoms. The van der Waals surface area contributed by atoms with Gasteiger partial charge < -0.3 is 10.4 Å². The van der Waals surface area contributed by atoms with E-state index in [0.717, 1.165) is 19.3 Å². The summed E-state index contributed by atoms with van der Waals surface area (Å²) in [6, 6.07) is 6.97. The first-order valence-corrected chi connectivity index (χ1v) is 8.97. The summed E-state index contributed by atoms with van der Waals surface area (Å²) in [5.41, 5.74) is 0.593. The van der Waals surface area contributed by atoms with Crippen LogP contribution in [0.15, 0.2) is 24.3 Å². The van der Waals surface area contributed by atoms with Gasteiger partial charge in [-0.1, -0.05) is 36.6 Å². The molecule has 1 saturated carbocycles. The summed E-state index contributed by atoms with van der Waals surface area (Å²) < 4.78 is 0. The summed E-state index contributed by atoms with van der Waals surface area (Å²) in [6.07, 6.45) is 5.48. The molecule has 5 nitrogen and oxygen atoms in total. The number of carbonyl (C=O) groups excluding carboxylic acids is 1. The zero-order valence-corrected chi connectivity index (χ0v) is 14.3. The average molecular weight is 351 g/mol. The molecule has 2 fully saturated rings. The molecule has 3 atom stereocenters. The molecule has 0 radical (unpaired) electrons. The Kier molecular flexibility index (Phi) is 5.41. The normalized spacial score (nSPS) is 26.8. The maximum atomic E-state index is 12.2. The maximum Gasteiger partial charge on any atom is 0.320 e. The topological polar surface area (TPSA) is 69.6 Å². The van der Waals surface area contributed by atoms with Crippen molar-refractivity contribution in [2.75, 3.05) is 11.9 Å². The molecular formula is C18H23ClN2O3. The monoisotopic (exact) mass is 350 g/mol. The zero-order valence-electron chi connectivity index (χ0n) is 13.6. The summed E-state index contributed by atoms with van der Waals surface area (Å²) >= 11 is 6.05. The van der Waals surface area contributed by atoms with Crippen molar-refractivity contribution in [3.63, 3.8) is 0 Å². The third-order valence-corrected chi connectivity index (χ3v) is 5.58. The number of benzene rings is 1. The molecule has 1 aliphatic heterocycles. The molecule has 1 amide bonds. The van der Waals surface area contributed by atoms with E-state index in [9.17, 15) is 14.7 Å².